The van der Waals surface area contributed by atoms with Crippen molar-refractivity contribution in [2.24, 2.45) is 11.3 Å². The van der Waals surface area contributed by atoms with E-state index in [1.54, 1.807) is 6.08 Å². The molecule has 0 saturated carbocycles. The van der Waals surface area contributed by atoms with Crippen LogP contribution in [0.5, 0.6) is 0 Å². The van der Waals surface area contributed by atoms with E-state index in [4.69, 9.17) is 4.74 Å². The number of hydrogen-bond donors (Lipinski definition) is 0. The maximum atomic E-state index is 13.9. The summed E-state index contributed by atoms with van der Waals surface area (Å²) >= 11 is 0. The highest BCUT2D eigenvalue weighted by Gasteiger charge is 2.45. The van der Waals surface area contributed by atoms with Gasteiger partial charge in [-0.3, -0.25) is 9.80 Å². The summed E-state index contributed by atoms with van der Waals surface area (Å²) in [6.07, 6.45) is 15.7. The zero-order valence-electron chi connectivity index (χ0n) is 21.2. The zero-order chi connectivity index (χ0) is 24.5. The van der Waals surface area contributed by atoms with Gasteiger partial charge in [-0.1, -0.05) is 38.2 Å². The molecule has 0 spiro atoms. The Morgan fingerprint density at radius 3 is 2.76 bits per heavy atom. The molecule has 0 radical (unpaired) electrons. The van der Waals surface area contributed by atoms with Crippen LogP contribution >= 0.6 is 0 Å². The molecule has 0 aromatic rings. The number of urea groups is 1. The van der Waals surface area contributed by atoms with Crippen LogP contribution in [0.25, 0.3) is 0 Å². The maximum Gasteiger partial charge on any atom is 0.324 e. The van der Waals surface area contributed by atoms with Crippen molar-refractivity contribution < 1.29 is 13.9 Å². The van der Waals surface area contributed by atoms with Gasteiger partial charge >= 0.3 is 6.03 Å². The lowest BCUT2D eigenvalue weighted by molar-refractivity contribution is -0.000405. The summed E-state index contributed by atoms with van der Waals surface area (Å²) in [6.45, 7) is 10.1. The third-order valence-electron chi connectivity index (χ3n) is 7.11. The smallest absolute Gasteiger partial charge is 0.324 e. The van der Waals surface area contributed by atoms with Crippen LogP contribution in [-0.2, 0) is 4.74 Å². The van der Waals surface area contributed by atoms with Gasteiger partial charge in [0.15, 0.2) is 0 Å². The highest BCUT2D eigenvalue weighted by molar-refractivity contribution is 5.78. The number of carbonyl (C=O) groups excluding carboxylic acids is 1. The van der Waals surface area contributed by atoms with E-state index in [0.717, 1.165) is 31.9 Å². The Balaban J connectivity index is 1.40. The van der Waals surface area contributed by atoms with E-state index in [2.05, 4.69) is 62.2 Å². The minimum Gasteiger partial charge on any atom is -0.379 e. The minimum absolute atomic E-state index is 0.00217. The number of likely N-dealkylation sites (tertiary alicyclic amines) is 1. The first-order valence-corrected chi connectivity index (χ1v) is 12.3. The van der Waals surface area contributed by atoms with Crippen molar-refractivity contribution in [3.63, 3.8) is 0 Å². The SMILES string of the molecule is CC1C=CC(N(C)CC2(C)CN(C(=O)N3C4=CC(/C=C(/F)CC=C4)OCC3C)C2)CN(C)C=C1. The Kier molecular flexibility index (Phi) is 7.33. The highest BCUT2D eigenvalue weighted by atomic mass is 19.1. The number of carbonyl (C=O) groups is 1. The second kappa shape index (κ2) is 10.1. The summed E-state index contributed by atoms with van der Waals surface area (Å²) in [6, 6.07) is 0.211. The van der Waals surface area contributed by atoms with Crippen LogP contribution < -0.4 is 0 Å². The van der Waals surface area contributed by atoms with Gasteiger partial charge in [-0.15, -0.1) is 0 Å². The maximum absolute atomic E-state index is 13.9. The molecule has 3 heterocycles. The Hall–Kier alpha value is -2.38. The molecule has 34 heavy (non-hydrogen) atoms. The standard InChI is InChI=1S/C27H39FN4O2/c1-20-9-10-24(15-29(4)12-11-20)30(5)17-27(3)18-31(19-27)26(33)32-21(2)16-34-25-13-22(28)7-6-8-23(32)14-25/h6,8-14,20-21,24-25H,7,15-19H2,1-5H3/b8-6?,10-9?,12-11?,22-13+. The van der Waals surface area contributed by atoms with Crippen LogP contribution in [-0.4, -0.2) is 90.7 Å². The Morgan fingerprint density at radius 2 is 2.00 bits per heavy atom. The monoisotopic (exact) mass is 470 g/mol. The van der Waals surface area contributed by atoms with Gasteiger partial charge in [0, 0.05) is 56.8 Å². The molecule has 3 aliphatic heterocycles. The lowest BCUT2D eigenvalue weighted by atomic mass is 9.81. The summed E-state index contributed by atoms with van der Waals surface area (Å²) in [5.41, 5.74) is 0.838. The first-order valence-electron chi connectivity index (χ1n) is 12.3. The van der Waals surface area contributed by atoms with Gasteiger partial charge in [-0.2, -0.15) is 0 Å². The second-order valence-corrected chi connectivity index (χ2v) is 10.8. The van der Waals surface area contributed by atoms with Crippen LogP contribution in [0.3, 0.4) is 0 Å². The van der Waals surface area contributed by atoms with Crippen molar-refractivity contribution in [3.8, 4) is 0 Å². The number of halogens is 1. The van der Waals surface area contributed by atoms with E-state index in [-0.39, 0.29) is 29.7 Å². The van der Waals surface area contributed by atoms with Crippen LogP contribution in [0.15, 0.2) is 60.3 Å². The van der Waals surface area contributed by atoms with Gasteiger partial charge in [0.1, 0.15) is 5.83 Å². The van der Waals surface area contributed by atoms with Gasteiger partial charge in [-0.25, -0.2) is 9.18 Å². The largest absolute Gasteiger partial charge is 0.379 e. The first-order chi connectivity index (χ1) is 16.1. The average Bonchev–Trinajstić information content (AvgIpc) is 2.89. The molecule has 4 aliphatic rings. The Labute approximate surface area is 203 Å². The predicted molar refractivity (Wildman–Crippen MR) is 134 cm³/mol. The molecule has 0 N–H and O–H groups in total. The molecule has 7 heteroatoms. The lowest BCUT2D eigenvalue weighted by Gasteiger charge is -2.52. The lowest BCUT2D eigenvalue weighted by Crippen LogP contribution is -2.64. The van der Waals surface area contributed by atoms with Gasteiger partial charge < -0.3 is 14.5 Å². The molecule has 0 aromatic heterocycles. The van der Waals surface area contributed by atoms with Crippen molar-refractivity contribution in [3.05, 3.63) is 60.3 Å². The molecule has 1 aliphatic carbocycles. The van der Waals surface area contributed by atoms with Gasteiger partial charge in [-0.05, 0) is 44.3 Å². The van der Waals surface area contributed by atoms with E-state index in [0.29, 0.717) is 18.6 Å². The number of rotatable bonds is 3. The number of ether oxygens (including phenoxy) is 1. The van der Waals surface area contributed by atoms with E-state index in [9.17, 15) is 9.18 Å². The van der Waals surface area contributed by atoms with Crippen molar-refractivity contribution >= 4 is 6.03 Å². The topological polar surface area (TPSA) is 39.3 Å². The molecule has 1 saturated heterocycles. The number of hydrogen-bond acceptors (Lipinski definition) is 4. The van der Waals surface area contributed by atoms with Crippen LogP contribution in [0.2, 0.25) is 0 Å². The summed E-state index contributed by atoms with van der Waals surface area (Å²) in [4.78, 5) is 21.9. The highest BCUT2D eigenvalue weighted by Crippen LogP contribution is 2.34. The first kappa shape index (κ1) is 24.7. The summed E-state index contributed by atoms with van der Waals surface area (Å²) < 4.78 is 19.7. The molecule has 4 rings (SSSR count). The van der Waals surface area contributed by atoms with Crippen molar-refractivity contribution in [1.82, 2.24) is 19.6 Å². The van der Waals surface area contributed by atoms with Crippen molar-refractivity contribution in [2.45, 2.75) is 45.4 Å². The predicted octanol–water partition coefficient (Wildman–Crippen LogP) is 4.17. The minimum atomic E-state index is -0.442. The molecule has 1 fully saturated rings. The molecule has 4 unspecified atom stereocenters. The molecule has 6 nitrogen and oxygen atoms in total. The third kappa shape index (κ3) is 5.63. The Bertz CT molecular complexity index is 918. The van der Waals surface area contributed by atoms with Crippen molar-refractivity contribution in [1.29, 1.82) is 0 Å². The molecule has 0 aromatic carbocycles. The average molecular weight is 471 g/mol. The molecule has 186 valence electrons. The quantitative estimate of drug-likeness (QED) is 0.581. The fourth-order valence-electron chi connectivity index (χ4n) is 5.28. The van der Waals surface area contributed by atoms with Gasteiger partial charge in [0.2, 0.25) is 0 Å². The molecular weight excluding hydrogens is 431 g/mol. The van der Waals surface area contributed by atoms with Crippen molar-refractivity contribution in [2.75, 3.05) is 46.9 Å². The molecule has 2 bridgehead atoms. The van der Waals surface area contributed by atoms with E-state index < -0.39 is 6.10 Å². The van der Waals surface area contributed by atoms with Gasteiger partial charge in [0.25, 0.3) is 0 Å². The van der Waals surface area contributed by atoms with E-state index in [1.165, 1.54) is 6.08 Å². The second-order valence-electron chi connectivity index (χ2n) is 10.8. The zero-order valence-corrected chi connectivity index (χ0v) is 21.2. The van der Waals surface area contributed by atoms with Crippen LogP contribution in [0, 0.1) is 11.3 Å². The third-order valence-corrected chi connectivity index (χ3v) is 7.11. The number of nitrogens with zero attached hydrogens (tertiary/aromatic N) is 4. The Morgan fingerprint density at radius 1 is 1.24 bits per heavy atom. The number of amides is 2. The van der Waals surface area contributed by atoms with E-state index >= 15 is 0 Å². The number of fused-ring (bicyclic) bond motifs is 1. The normalized spacial score (nSPS) is 32.6. The molecular formula is C27H39FN4O2. The summed E-state index contributed by atoms with van der Waals surface area (Å²) in [7, 11) is 4.30. The molecule has 2 amide bonds. The fraction of sp³-hybridized carbons (Fsp3) is 0.593. The summed E-state index contributed by atoms with van der Waals surface area (Å²) in [5.74, 6) is 0.219. The number of allylic oxidation sites excluding steroid dienone is 5. The van der Waals surface area contributed by atoms with Gasteiger partial charge in [0.05, 0.1) is 18.8 Å². The van der Waals surface area contributed by atoms with Crippen LogP contribution in [0.4, 0.5) is 9.18 Å². The summed E-state index contributed by atoms with van der Waals surface area (Å²) in [5, 5.41) is 0. The fourth-order valence-corrected chi connectivity index (χ4v) is 5.28. The molecule has 4 atom stereocenters. The van der Waals surface area contributed by atoms with E-state index in [1.807, 2.05) is 28.9 Å². The number of likely N-dealkylation sites (N-methyl/N-ethyl adjacent to an activating group) is 2. The van der Waals surface area contributed by atoms with Crippen LogP contribution in [0.1, 0.15) is 27.2 Å².